The lowest BCUT2D eigenvalue weighted by molar-refractivity contribution is 0.301. The summed E-state index contributed by atoms with van der Waals surface area (Å²) in [4.78, 5) is 1.32. The molecule has 19 heavy (non-hydrogen) atoms. The lowest BCUT2D eigenvalue weighted by atomic mass is 10.1. The summed E-state index contributed by atoms with van der Waals surface area (Å²) in [6, 6.07) is 13.4. The second-order valence-corrected chi connectivity index (χ2v) is 6.14. The van der Waals surface area contributed by atoms with Crippen molar-refractivity contribution in [3.8, 4) is 5.75 Å². The van der Waals surface area contributed by atoms with Crippen LogP contribution in [0.5, 0.6) is 5.75 Å². The van der Waals surface area contributed by atoms with Crippen LogP contribution in [0.1, 0.15) is 11.1 Å². The van der Waals surface area contributed by atoms with Crippen molar-refractivity contribution in [2.24, 2.45) is 0 Å². The summed E-state index contributed by atoms with van der Waals surface area (Å²) in [6.07, 6.45) is 0.994. The first-order valence-electron chi connectivity index (χ1n) is 6.36. The monoisotopic (exact) mass is 274 g/mol. The Hall–Kier alpha value is -1.48. The van der Waals surface area contributed by atoms with Gasteiger partial charge in [-0.2, -0.15) is 0 Å². The molecule has 1 atom stereocenters. The van der Waals surface area contributed by atoms with Crippen LogP contribution in [0.25, 0.3) is 0 Å². The molecule has 0 aromatic heterocycles. The average Bonchev–Trinajstić information content (AvgIpc) is 2.82. The zero-order valence-electron chi connectivity index (χ0n) is 10.7. The standard InChI is InChI=1S/C16H15FOS/c1-11-6-7-14(17)15(8-11)18-10-13-9-12-4-2-3-5-16(12)19-13/h2-8,13H,9-10H2,1H3. The van der Waals surface area contributed by atoms with Gasteiger partial charge in [0.1, 0.15) is 6.61 Å². The van der Waals surface area contributed by atoms with Crippen molar-refractivity contribution in [3.63, 3.8) is 0 Å². The number of rotatable bonds is 3. The number of hydrogen-bond donors (Lipinski definition) is 0. The van der Waals surface area contributed by atoms with E-state index in [1.54, 1.807) is 12.1 Å². The molecular formula is C16H15FOS. The van der Waals surface area contributed by atoms with Crippen LogP contribution in [0.2, 0.25) is 0 Å². The van der Waals surface area contributed by atoms with Crippen LogP contribution in [0.15, 0.2) is 47.4 Å². The highest BCUT2D eigenvalue weighted by molar-refractivity contribution is 8.00. The van der Waals surface area contributed by atoms with Crippen molar-refractivity contribution in [2.45, 2.75) is 23.5 Å². The van der Waals surface area contributed by atoms with Gasteiger partial charge in [0.25, 0.3) is 0 Å². The molecule has 0 fully saturated rings. The molecule has 0 N–H and O–H groups in total. The molecule has 0 saturated heterocycles. The molecule has 1 nitrogen and oxygen atoms in total. The molecule has 1 heterocycles. The van der Waals surface area contributed by atoms with Crippen LogP contribution in [0.4, 0.5) is 4.39 Å². The van der Waals surface area contributed by atoms with Gasteiger partial charge in [-0.3, -0.25) is 0 Å². The van der Waals surface area contributed by atoms with E-state index in [4.69, 9.17) is 4.74 Å². The number of benzene rings is 2. The van der Waals surface area contributed by atoms with E-state index < -0.39 is 0 Å². The maximum atomic E-state index is 13.6. The van der Waals surface area contributed by atoms with Crippen molar-refractivity contribution < 1.29 is 9.13 Å². The molecule has 1 unspecified atom stereocenters. The van der Waals surface area contributed by atoms with E-state index in [1.165, 1.54) is 16.5 Å². The fourth-order valence-electron chi connectivity index (χ4n) is 2.25. The summed E-state index contributed by atoms with van der Waals surface area (Å²) in [5, 5.41) is 0.373. The Kier molecular flexibility index (Phi) is 3.47. The van der Waals surface area contributed by atoms with Gasteiger partial charge in [-0.15, -0.1) is 11.8 Å². The SMILES string of the molecule is Cc1ccc(F)c(OCC2Cc3ccccc3S2)c1. The number of thioether (sulfide) groups is 1. The highest BCUT2D eigenvalue weighted by Crippen LogP contribution is 2.37. The van der Waals surface area contributed by atoms with Crippen molar-refractivity contribution in [2.75, 3.05) is 6.61 Å². The summed E-state index contributed by atoms with van der Waals surface area (Å²) in [5.74, 6) is 0.0719. The molecule has 1 aliphatic heterocycles. The Balaban J connectivity index is 1.64. The van der Waals surface area contributed by atoms with E-state index in [9.17, 15) is 4.39 Å². The van der Waals surface area contributed by atoms with Crippen molar-refractivity contribution in [1.82, 2.24) is 0 Å². The van der Waals surface area contributed by atoms with Gasteiger partial charge in [0.15, 0.2) is 11.6 Å². The fraction of sp³-hybridized carbons (Fsp3) is 0.250. The summed E-state index contributed by atoms with van der Waals surface area (Å²) in [6.45, 7) is 2.48. The van der Waals surface area contributed by atoms with E-state index >= 15 is 0 Å². The largest absolute Gasteiger partial charge is 0.489 e. The van der Waals surface area contributed by atoms with Gasteiger partial charge in [-0.05, 0) is 42.7 Å². The minimum absolute atomic E-state index is 0.286. The fourth-order valence-corrected chi connectivity index (χ4v) is 3.47. The molecule has 0 radical (unpaired) electrons. The summed E-state index contributed by atoms with van der Waals surface area (Å²) < 4.78 is 19.2. The van der Waals surface area contributed by atoms with E-state index in [1.807, 2.05) is 18.7 Å². The Labute approximate surface area is 116 Å². The van der Waals surface area contributed by atoms with E-state index in [-0.39, 0.29) is 5.82 Å². The quantitative estimate of drug-likeness (QED) is 0.828. The van der Waals surface area contributed by atoms with Gasteiger partial charge in [0.2, 0.25) is 0 Å². The lowest BCUT2D eigenvalue weighted by Gasteiger charge is -2.12. The molecule has 2 aromatic carbocycles. The van der Waals surface area contributed by atoms with Gasteiger partial charge in [-0.1, -0.05) is 24.3 Å². The molecule has 98 valence electrons. The molecule has 0 spiro atoms. The predicted octanol–water partition coefficient (Wildman–Crippen LogP) is 4.23. The van der Waals surface area contributed by atoms with E-state index in [2.05, 4.69) is 24.3 Å². The molecule has 1 aliphatic rings. The van der Waals surface area contributed by atoms with Crippen LogP contribution >= 0.6 is 11.8 Å². The molecule has 2 aromatic rings. The molecule has 0 bridgehead atoms. The van der Waals surface area contributed by atoms with Gasteiger partial charge in [0, 0.05) is 10.1 Å². The van der Waals surface area contributed by atoms with E-state index in [0.29, 0.717) is 17.6 Å². The first-order valence-corrected chi connectivity index (χ1v) is 7.24. The minimum atomic E-state index is -0.286. The second kappa shape index (κ2) is 5.25. The molecule has 0 amide bonds. The topological polar surface area (TPSA) is 9.23 Å². The van der Waals surface area contributed by atoms with Crippen molar-refractivity contribution in [3.05, 3.63) is 59.4 Å². The van der Waals surface area contributed by atoms with Gasteiger partial charge < -0.3 is 4.74 Å². The Morgan fingerprint density at radius 3 is 2.95 bits per heavy atom. The van der Waals surface area contributed by atoms with Crippen LogP contribution in [0, 0.1) is 12.7 Å². The highest BCUT2D eigenvalue weighted by Gasteiger charge is 2.22. The number of ether oxygens (including phenoxy) is 1. The summed E-state index contributed by atoms with van der Waals surface area (Å²) in [7, 11) is 0. The first-order chi connectivity index (χ1) is 9.22. The molecular weight excluding hydrogens is 259 g/mol. The Bertz CT molecular complexity index is 572. The highest BCUT2D eigenvalue weighted by atomic mass is 32.2. The van der Waals surface area contributed by atoms with Crippen molar-refractivity contribution >= 4 is 11.8 Å². The number of fused-ring (bicyclic) bond motifs is 1. The zero-order chi connectivity index (χ0) is 13.2. The number of aryl methyl sites for hydroxylation is 1. The third-order valence-electron chi connectivity index (χ3n) is 3.23. The average molecular weight is 274 g/mol. The van der Waals surface area contributed by atoms with Gasteiger partial charge in [0.05, 0.1) is 0 Å². The predicted molar refractivity (Wildman–Crippen MR) is 76.4 cm³/mol. The first kappa shape index (κ1) is 12.5. The minimum Gasteiger partial charge on any atom is -0.489 e. The van der Waals surface area contributed by atoms with Gasteiger partial charge in [-0.25, -0.2) is 4.39 Å². The van der Waals surface area contributed by atoms with Crippen LogP contribution in [-0.4, -0.2) is 11.9 Å². The maximum Gasteiger partial charge on any atom is 0.165 e. The summed E-state index contributed by atoms with van der Waals surface area (Å²) in [5.41, 5.74) is 2.38. The van der Waals surface area contributed by atoms with Gasteiger partial charge >= 0.3 is 0 Å². The Morgan fingerprint density at radius 1 is 1.26 bits per heavy atom. The van der Waals surface area contributed by atoms with Crippen LogP contribution < -0.4 is 4.74 Å². The second-order valence-electron chi connectivity index (χ2n) is 4.80. The van der Waals surface area contributed by atoms with Crippen molar-refractivity contribution in [1.29, 1.82) is 0 Å². The molecule has 0 aliphatic carbocycles. The zero-order valence-corrected chi connectivity index (χ0v) is 11.5. The normalized spacial score (nSPS) is 17.3. The number of hydrogen-bond acceptors (Lipinski definition) is 2. The Morgan fingerprint density at radius 2 is 2.11 bits per heavy atom. The lowest BCUT2D eigenvalue weighted by Crippen LogP contribution is -2.14. The van der Waals surface area contributed by atoms with E-state index in [0.717, 1.165) is 12.0 Å². The smallest absolute Gasteiger partial charge is 0.165 e. The maximum absolute atomic E-state index is 13.6. The molecule has 3 heteroatoms. The third-order valence-corrected chi connectivity index (χ3v) is 4.51. The molecule has 3 rings (SSSR count). The van der Waals surface area contributed by atoms with Crippen LogP contribution in [0.3, 0.4) is 0 Å². The summed E-state index contributed by atoms with van der Waals surface area (Å²) >= 11 is 1.82. The third kappa shape index (κ3) is 2.76. The van der Waals surface area contributed by atoms with Crippen LogP contribution in [-0.2, 0) is 6.42 Å². The number of halogens is 1. The molecule has 0 saturated carbocycles.